The Kier molecular flexibility index (Phi) is 5.44. The molecule has 0 spiro atoms. The molecule has 2 aromatic carbocycles. The van der Waals surface area contributed by atoms with Crippen LogP contribution < -0.4 is 9.64 Å². The number of fused-ring (bicyclic) bond motifs is 1. The monoisotopic (exact) mass is 464 g/mol. The molecule has 0 aliphatic carbocycles. The molecule has 28 heavy (non-hydrogen) atoms. The minimum absolute atomic E-state index is 0.0523. The fraction of sp³-hybridized carbons (Fsp3) is 0.350. The molecule has 148 valence electrons. The highest BCUT2D eigenvalue weighted by molar-refractivity contribution is 9.10. The Hall–Kier alpha value is -1.90. The Morgan fingerprint density at radius 3 is 2.39 bits per heavy atom. The molecule has 1 saturated heterocycles. The van der Waals surface area contributed by atoms with Gasteiger partial charge in [0, 0.05) is 23.5 Å². The largest absolute Gasteiger partial charge is 0.490 e. The van der Waals surface area contributed by atoms with Crippen molar-refractivity contribution in [3.05, 3.63) is 53.0 Å². The molecule has 4 rings (SSSR count). The first kappa shape index (κ1) is 19.4. The van der Waals surface area contributed by atoms with Gasteiger partial charge in [0.15, 0.2) is 0 Å². The number of carbonyl (C=O) groups excluding carboxylic acids is 1. The summed E-state index contributed by atoms with van der Waals surface area (Å²) in [5.74, 6) is 0.594. The number of hydrogen-bond donors (Lipinski definition) is 0. The van der Waals surface area contributed by atoms with Crippen LogP contribution in [0, 0.1) is 5.92 Å². The molecule has 1 fully saturated rings. The van der Waals surface area contributed by atoms with Gasteiger partial charge in [-0.2, -0.15) is 4.31 Å². The van der Waals surface area contributed by atoms with Crippen molar-refractivity contribution in [1.29, 1.82) is 0 Å². The number of nitrogens with zero attached hydrogens (tertiary/aromatic N) is 2. The van der Waals surface area contributed by atoms with Gasteiger partial charge < -0.3 is 9.64 Å². The van der Waals surface area contributed by atoms with Crippen molar-refractivity contribution >= 4 is 37.5 Å². The molecule has 2 aromatic rings. The average Bonchev–Trinajstić information content (AvgIpc) is 2.73. The number of anilines is 1. The number of benzene rings is 2. The van der Waals surface area contributed by atoms with E-state index in [9.17, 15) is 13.2 Å². The quantitative estimate of drug-likeness (QED) is 0.698. The van der Waals surface area contributed by atoms with Crippen molar-refractivity contribution in [1.82, 2.24) is 4.31 Å². The van der Waals surface area contributed by atoms with Crippen LogP contribution in [0.25, 0.3) is 0 Å². The Balaban J connectivity index is 1.45. The van der Waals surface area contributed by atoms with Crippen LogP contribution in [0.1, 0.15) is 12.8 Å². The Bertz CT molecular complexity index is 970. The molecular formula is C20H21BrN2O4S. The number of ether oxygens (including phenoxy) is 1. The van der Waals surface area contributed by atoms with Crippen LogP contribution in [0.4, 0.5) is 5.69 Å². The summed E-state index contributed by atoms with van der Waals surface area (Å²) in [5, 5.41) is 0. The highest BCUT2D eigenvalue weighted by atomic mass is 79.9. The van der Waals surface area contributed by atoms with Gasteiger partial charge >= 0.3 is 0 Å². The summed E-state index contributed by atoms with van der Waals surface area (Å²) in [6, 6.07) is 14.2. The lowest BCUT2D eigenvalue weighted by Gasteiger charge is -2.35. The molecule has 0 N–H and O–H groups in total. The lowest BCUT2D eigenvalue weighted by molar-refractivity contribution is -0.123. The lowest BCUT2D eigenvalue weighted by Crippen LogP contribution is -2.46. The molecule has 0 bridgehead atoms. The van der Waals surface area contributed by atoms with Gasteiger partial charge in [-0.25, -0.2) is 8.42 Å². The van der Waals surface area contributed by atoms with Gasteiger partial charge in [0.2, 0.25) is 15.9 Å². The van der Waals surface area contributed by atoms with E-state index in [-0.39, 0.29) is 16.7 Å². The van der Waals surface area contributed by atoms with E-state index < -0.39 is 10.0 Å². The number of rotatable bonds is 3. The standard InChI is InChI=1S/C20H21BrN2O4S/c21-16-5-7-17(8-6-16)28(25,26)22-11-9-15(10-12-22)20(24)23-13-14-27-19-4-2-1-3-18(19)23/h1-8,15H,9-14H2. The number of carbonyl (C=O) groups is 1. The summed E-state index contributed by atoms with van der Waals surface area (Å²) in [6.07, 6.45) is 1.04. The second-order valence-corrected chi connectivity index (χ2v) is 9.79. The zero-order valence-electron chi connectivity index (χ0n) is 15.3. The van der Waals surface area contributed by atoms with E-state index in [0.29, 0.717) is 39.1 Å². The summed E-state index contributed by atoms with van der Waals surface area (Å²) in [6.45, 7) is 1.69. The molecule has 0 radical (unpaired) electrons. The molecule has 1 amide bonds. The van der Waals surface area contributed by atoms with E-state index in [1.807, 2.05) is 24.3 Å². The predicted molar refractivity (Wildman–Crippen MR) is 110 cm³/mol. The highest BCUT2D eigenvalue weighted by Gasteiger charge is 2.35. The number of sulfonamides is 1. The van der Waals surface area contributed by atoms with E-state index in [4.69, 9.17) is 4.74 Å². The molecule has 2 aliphatic rings. The third-order valence-corrected chi connectivity index (χ3v) is 7.69. The summed E-state index contributed by atoms with van der Waals surface area (Å²) in [4.78, 5) is 15.1. The third kappa shape index (κ3) is 3.68. The van der Waals surface area contributed by atoms with Crippen LogP contribution in [-0.2, 0) is 14.8 Å². The maximum atomic E-state index is 13.1. The van der Waals surface area contributed by atoms with E-state index in [0.717, 1.165) is 15.9 Å². The van der Waals surface area contributed by atoms with E-state index in [2.05, 4.69) is 15.9 Å². The SMILES string of the molecule is O=C(C1CCN(S(=O)(=O)c2ccc(Br)cc2)CC1)N1CCOc2ccccc21. The van der Waals surface area contributed by atoms with Gasteiger partial charge in [-0.3, -0.25) is 4.79 Å². The van der Waals surface area contributed by atoms with Gasteiger partial charge in [0.05, 0.1) is 17.1 Å². The maximum Gasteiger partial charge on any atom is 0.243 e. The fourth-order valence-electron chi connectivity index (χ4n) is 3.72. The van der Waals surface area contributed by atoms with Crippen molar-refractivity contribution in [3.8, 4) is 5.75 Å². The number of piperidine rings is 1. The second-order valence-electron chi connectivity index (χ2n) is 6.94. The summed E-state index contributed by atoms with van der Waals surface area (Å²) in [7, 11) is -3.53. The second kappa shape index (κ2) is 7.85. The van der Waals surface area contributed by atoms with Gasteiger partial charge in [0.25, 0.3) is 0 Å². The zero-order valence-corrected chi connectivity index (χ0v) is 17.7. The van der Waals surface area contributed by atoms with E-state index in [1.165, 1.54) is 4.31 Å². The van der Waals surface area contributed by atoms with Crippen molar-refractivity contribution < 1.29 is 17.9 Å². The van der Waals surface area contributed by atoms with Crippen LogP contribution in [0.3, 0.4) is 0 Å². The topological polar surface area (TPSA) is 66.9 Å². The smallest absolute Gasteiger partial charge is 0.243 e. The highest BCUT2D eigenvalue weighted by Crippen LogP contribution is 2.34. The van der Waals surface area contributed by atoms with Crippen molar-refractivity contribution in [2.75, 3.05) is 31.1 Å². The zero-order chi connectivity index (χ0) is 19.7. The first-order valence-corrected chi connectivity index (χ1v) is 11.5. The third-order valence-electron chi connectivity index (χ3n) is 5.25. The fourth-order valence-corrected chi connectivity index (χ4v) is 5.45. The molecule has 6 nitrogen and oxygen atoms in total. The van der Waals surface area contributed by atoms with Crippen LogP contribution in [0.5, 0.6) is 5.75 Å². The van der Waals surface area contributed by atoms with Crippen LogP contribution >= 0.6 is 15.9 Å². The van der Waals surface area contributed by atoms with Gasteiger partial charge in [-0.15, -0.1) is 0 Å². The number of halogens is 1. The van der Waals surface area contributed by atoms with E-state index >= 15 is 0 Å². The number of para-hydroxylation sites is 2. The van der Waals surface area contributed by atoms with Crippen LogP contribution in [-0.4, -0.2) is 44.9 Å². The predicted octanol–water partition coefficient (Wildman–Crippen LogP) is 3.28. The molecule has 0 saturated carbocycles. The van der Waals surface area contributed by atoms with Crippen molar-refractivity contribution in [2.24, 2.45) is 5.92 Å². The first-order chi connectivity index (χ1) is 13.5. The lowest BCUT2D eigenvalue weighted by atomic mass is 9.96. The Morgan fingerprint density at radius 1 is 1.00 bits per heavy atom. The van der Waals surface area contributed by atoms with Gasteiger partial charge in [0.1, 0.15) is 12.4 Å². The normalized spacial score (nSPS) is 18.4. The van der Waals surface area contributed by atoms with Gasteiger partial charge in [-0.05, 0) is 49.2 Å². The molecular weight excluding hydrogens is 444 g/mol. The van der Waals surface area contributed by atoms with Crippen LogP contribution in [0.15, 0.2) is 57.9 Å². The number of amides is 1. The summed E-state index contributed by atoms with van der Waals surface area (Å²) in [5.41, 5.74) is 0.795. The minimum atomic E-state index is -3.53. The first-order valence-electron chi connectivity index (χ1n) is 9.26. The van der Waals surface area contributed by atoms with Crippen LogP contribution in [0.2, 0.25) is 0 Å². The molecule has 0 unspecified atom stereocenters. The molecule has 0 atom stereocenters. The molecule has 2 heterocycles. The van der Waals surface area contributed by atoms with Crippen molar-refractivity contribution in [2.45, 2.75) is 17.7 Å². The molecule has 2 aliphatic heterocycles. The summed E-state index contributed by atoms with van der Waals surface area (Å²) >= 11 is 3.32. The van der Waals surface area contributed by atoms with Crippen molar-refractivity contribution in [3.63, 3.8) is 0 Å². The van der Waals surface area contributed by atoms with Gasteiger partial charge in [-0.1, -0.05) is 28.1 Å². The maximum absolute atomic E-state index is 13.1. The summed E-state index contributed by atoms with van der Waals surface area (Å²) < 4.78 is 33.6. The Labute approximate surface area is 173 Å². The Morgan fingerprint density at radius 2 is 1.68 bits per heavy atom. The molecule has 0 aromatic heterocycles. The minimum Gasteiger partial charge on any atom is -0.490 e. The average molecular weight is 465 g/mol. The van der Waals surface area contributed by atoms with E-state index in [1.54, 1.807) is 29.2 Å². The molecule has 8 heteroatoms. The number of hydrogen-bond acceptors (Lipinski definition) is 4.